The highest BCUT2D eigenvalue weighted by Gasteiger charge is 2.57. The molecular formula is C22H22F4N4O2. The summed E-state index contributed by atoms with van der Waals surface area (Å²) >= 11 is 0. The van der Waals surface area contributed by atoms with Gasteiger partial charge in [0.1, 0.15) is 11.6 Å². The Balaban J connectivity index is 1.60. The van der Waals surface area contributed by atoms with E-state index in [2.05, 4.69) is 9.97 Å². The number of aliphatic carboxylic acids is 1. The van der Waals surface area contributed by atoms with Crippen LogP contribution in [0, 0.1) is 23.6 Å². The van der Waals surface area contributed by atoms with Crippen molar-refractivity contribution >= 4 is 17.7 Å². The monoisotopic (exact) mass is 450 g/mol. The summed E-state index contributed by atoms with van der Waals surface area (Å²) in [5.41, 5.74) is -1.24. The van der Waals surface area contributed by atoms with Gasteiger partial charge in [0.15, 0.2) is 5.69 Å². The molecule has 2 unspecified atom stereocenters. The Bertz CT molecular complexity index is 1060. The van der Waals surface area contributed by atoms with E-state index in [1.54, 1.807) is 9.80 Å². The Labute approximate surface area is 181 Å². The van der Waals surface area contributed by atoms with Crippen molar-refractivity contribution in [3.8, 4) is 11.1 Å². The minimum Gasteiger partial charge on any atom is -0.481 e. The van der Waals surface area contributed by atoms with Crippen LogP contribution in [0.15, 0.2) is 24.3 Å². The van der Waals surface area contributed by atoms with E-state index in [0.717, 1.165) is 12.5 Å². The molecule has 5 rings (SSSR count). The number of rotatable bonds is 5. The number of carbonyl (C=O) groups is 1. The molecule has 1 aliphatic carbocycles. The number of anilines is 2. The summed E-state index contributed by atoms with van der Waals surface area (Å²) in [7, 11) is 0. The summed E-state index contributed by atoms with van der Waals surface area (Å²) in [6.45, 7) is 3.33. The lowest BCUT2D eigenvalue weighted by molar-refractivity contribution is -0.140. The van der Waals surface area contributed by atoms with E-state index in [1.165, 1.54) is 18.2 Å². The van der Waals surface area contributed by atoms with Gasteiger partial charge in [0.05, 0.1) is 5.56 Å². The third-order valence-corrected chi connectivity index (χ3v) is 6.92. The molecule has 2 saturated heterocycles. The van der Waals surface area contributed by atoms with Crippen LogP contribution in [-0.4, -0.2) is 46.7 Å². The van der Waals surface area contributed by atoms with E-state index in [1.807, 2.05) is 6.92 Å². The maximum absolute atomic E-state index is 14.2. The Morgan fingerprint density at radius 2 is 1.94 bits per heavy atom. The molecule has 3 heterocycles. The fourth-order valence-electron chi connectivity index (χ4n) is 5.05. The van der Waals surface area contributed by atoms with Gasteiger partial charge in [-0.2, -0.15) is 18.2 Å². The average molecular weight is 450 g/mol. The minimum atomic E-state index is -4.75. The number of halogens is 4. The second kappa shape index (κ2) is 7.31. The fourth-order valence-corrected chi connectivity index (χ4v) is 5.05. The summed E-state index contributed by atoms with van der Waals surface area (Å²) in [5, 5.41) is 9.06. The summed E-state index contributed by atoms with van der Waals surface area (Å²) in [6.07, 6.45) is -3.85. The van der Waals surface area contributed by atoms with E-state index < -0.39 is 23.7 Å². The van der Waals surface area contributed by atoms with Gasteiger partial charge in [-0.15, -0.1) is 0 Å². The quantitative estimate of drug-likeness (QED) is 0.693. The maximum atomic E-state index is 14.2. The first-order valence-corrected chi connectivity index (χ1v) is 10.6. The lowest BCUT2D eigenvalue weighted by Crippen LogP contribution is -2.47. The van der Waals surface area contributed by atoms with Crippen LogP contribution in [0.1, 0.15) is 25.5 Å². The summed E-state index contributed by atoms with van der Waals surface area (Å²) < 4.78 is 56.5. The highest BCUT2D eigenvalue weighted by molar-refractivity contribution is 5.80. The van der Waals surface area contributed by atoms with E-state index in [9.17, 15) is 22.4 Å². The van der Waals surface area contributed by atoms with Crippen LogP contribution in [0.4, 0.5) is 29.3 Å². The second-order valence-electron chi connectivity index (χ2n) is 8.90. The molecule has 0 amide bonds. The molecule has 0 bridgehead atoms. The van der Waals surface area contributed by atoms with Crippen LogP contribution in [0.5, 0.6) is 0 Å². The average Bonchev–Trinajstić information content (AvgIpc) is 3.13. The molecule has 1 N–H and O–H groups in total. The molecule has 3 fully saturated rings. The molecule has 1 aromatic carbocycles. The first-order valence-electron chi connectivity index (χ1n) is 10.6. The zero-order chi connectivity index (χ0) is 22.8. The lowest BCUT2D eigenvalue weighted by Gasteiger charge is -2.39. The van der Waals surface area contributed by atoms with Crippen LogP contribution in [0.2, 0.25) is 0 Å². The number of aromatic nitrogens is 2. The molecule has 1 saturated carbocycles. The third-order valence-electron chi connectivity index (χ3n) is 6.92. The highest BCUT2D eigenvalue weighted by atomic mass is 19.4. The van der Waals surface area contributed by atoms with Gasteiger partial charge in [-0.3, -0.25) is 4.79 Å². The summed E-state index contributed by atoms with van der Waals surface area (Å²) in [5.74, 6) is -1.09. The lowest BCUT2D eigenvalue weighted by atomic mass is 10.0. The molecule has 10 heteroatoms. The van der Waals surface area contributed by atoms with Crippen molar-refractivity contribution in [2.24, 2.45) is 17.8 Å². The standard InChI is InChI=1S/C22H22F4N4O2/c1-11-5-6-30(11)21-27-19(22(24,25)26)18(12-3-2-4-13(23)7-12)20(28-21)29-9-15-14(8-17(31)32)16(15)10-29/h2-4,7,11,14-16H,5-6,8-10H2,1H3,(H,31,32)/t11?,14?,15-,16+. The maximum Gasteiger partial charge on any atom is 0.434 e. The number of carboxylic acids is 1. The fraction of sp³-hybridized carbons (Fsp3) is 0.500. The van der Waals surface area contributed by atoms with Crippen molar-refractivity contribution < 1.29 is 27.5 Å². The van der Waals surface area contributed by atoms with Crippen LogP contribution in [0.25, 0.3) is 11.1 Å². The van der Waals surface area contributed by atoms with Crippen molar-refractivity contribution in [3.05, 3.63) is 35.8 Å². The number of hydrogen-bond acceptors (Lipinski definition) is 5. The van der Waals surface area contributed by atoms with Crippen molar-refractivity contribution in [2.75, 3.05) is 29.4 Å². The van der Waals surface area contributed by atoms with Crippen molar-refractivity contribution in [1.82, 2.24) is 9.97 Å². The highest BCUT2D eigenvalue weighted by Crippen LogP contribution is 2.55. The summed E-state index contributed by atoms with van der Waals surface area (Å²) in [6, 6.07) is 5.07. The molecule has 170 valence electrons. The van der Waals surface area contributed by atoms with Gasteiger partial charge in [-0.25, -0.2) is 9.37 Å². The first kappa shape index (κ1) is 21.0. The normalized spacial score (nSPS) is 26.7. The van der Waals surface area contributed by atoms with Crippen molar-refractivity contribution in [1.29, 1.82) is 0 Å². The van der Waals surface area contributed by atoms with Gasteiger partial charge in [0.25, 0.3) is 0 Å². The summed E-state index contributed by atoms with van der Waals surface area (Å²) in [4.78, 5) is 23.0. The van der Waals surface area contributed by atoms with Crippen molar-refractivity contribution in [3.63, 3.8) is 0 Å². The predicted octanol–water partition coefficient (Wildman–Crippen LogP) is 4.06. The van der Waals surface area contributed by atoms with E-state index in [0.29, 0.717) is 19.6 Å². The number of nitrogens with zero attached hydrogens (tertiary/aromatic N) is 4. The Morgan fingerprint density at radius 1 is 1.22 bits per heavy atom. The smallest absolute Gasteiger partial charge is 0.434 e. The Hall–Kier alpha value is -2.91. The first-order chi connectivity index (χ1) is 15.1. The zero-order valence-corrected chi connectivity index (χ0v) is 17.3. The number of benzene rings is 1. The molecule has 0 spiro atoms. The number of alkyl halides is 3. The minimum absolute atomic E-state index is 0.0221. The topological polar surface area (TPSA) is 69.6 Å². The number of fused-ring (bicyclic) bond motifs is 1. The van der Waals surface area contributed by atoms with Crippen LogP contribution < -0.4 is 9.80 Å². The SMILES string of the molecule is CC1CCN1c1nc(N2C[C@@H]3C(CC(=O)O)[C@@H]3C2)c(-c2cccc(F)c2)c(C(F)(F)F)n1. The van der Waals surface area contributed by atoms with E-state index in [-0.39, 0.29) is 53.1 Å². The van der Waals surface area contributed by atoms with Gasteiger partial charge >= 0.3 is 12.1 Å². The molecule has 2 aromatic rings. The van der Waals surface area contributed by atoms with E-state index in [4.69, 9.17) is 5.11 Å². The van der Waals surface area contributed by atoms with Gasteiger partial charge in [0, 0.05) is 32.1 Å². The van der Waals surface area contributed by atoms with E-state index >= 15 is 0 Å². The molecule has 32 heavy (non-hydrogen) atoms. The molecule has 3 aliphatic rings. The Kier molecular flexibility index (Phi) is 4.79. The number of hydrogen-bond donors (Lipinski definition) is 1. The van der Waals surface area contributed by atoms with Crippen LogP contribution in [-0.2, 0) is 11.0 Å². The number of piperidine rings is 1. The zero-order valence-electron chi connectivity index (χ0n) is 17.3. The second-order valence-corrected chi connectivity index (χ2v) is 8.90. The van der Waals surface area contributed by atoms with Gasteiger partial charge in [-0.05, 0) is 48.8 Å². The predicted molar refractivity (Wildman–Crippen MR) is 109 cm³/mol. The molecular weight excluding hydrogens is 428 g/mol. The molecule has 6 nitrogen and oxygen atoms in total. The molecule has 0 radical (unpaired) electrons. The third kappa shape index (κ3) is 3.55. The van der Waals surface area contributed by atoms with Gasteiger partial charge < -0.3 is 14.9 Å². The largest absolute Gasteiger partial charge is 0.481 e. The Morgan fingerprint density at radius 3 is 2.47 bits per heavy atom. The molecule has 4 atom stereocenters. The van der Waals surface area contributed by atoms with Gasteiger partial charge in [0.2, 0.25) is 5.95 Å². The van der Waals surface area contributed by atoms with Gasteiger partial charge in [-0.1, -0.05) is 12.1 Å². The molecule has 2 aliphatic heterocycles. The van der Waals surface area contributed by atoms with Crippen LogP contribution in [0.3, 0.4) is 0 Å². The van der Waals surface area contributed by atoms with Crippen LogP contribution >= 0.6 is 0 Å². The molecule has 1 aromatic heterocycles. The van der Waals surface area contributed by atoms with Crippen molar-refractivity contribution in [2.45, 2.75) is 32.0 Å². The number of carboxylic acid groups (broad SMARTS) is 1.